The van der Waals surface area contributed by atoms with Gasteiger partial charge in [-0.05, 0) is 13.8 Å². The molecule has 0 amide bonds. The van der Waals surface area contributed by atoms with Crippen LogP contribution in [0.25, 0.3) is 0 Å². The molecular weight excluding hydrogens is 118 g/mol. The zero-order valence-corrected chi connectivity index (χ0v) is 5.26. The maximum absolute atomic E-state index is 10.7. The predicted octanol–water partition coefficient (Wildman–Crippen LogP) is 1.19. The lowest BCUT2D eigenvalue weighted by atomic mass is 10.2. The third-order valence-corrected chi connectivity index (χ3v) is 1.04. The lowest BCUT2D eigenvalue weighted by molar-refractivity contribution is 0.101. The van der Waals surface area contributed by atoms with Gasteiger partial charge in [0.2, 0.25) is 0 Å². The Labute approximate surface area is 54.1 Å². The van der Waals surface area contributed by atoms with E-state index in [1.54, 1.807) is 6.92 Å². The van der Waals surface area contributed by atoms with Gasteiger partial charge in [-0.15, -0.1) is 0 Å². The van der Waals surface area contributed by atoms with Gasteiger partial charge in [0.15, 0.2) is 5.78 Å². The Kier molecular flexibility index (Phi) is 1.06. The van der Waals surface area contributed by atoms with Crippen LogP contribution in [0.3, 0.4) is 0 Å². The third kappa shape index (κ3) is 0.988. The Morgan fingerprint density at radius 2 is 2.67 bits per heavy atom. The standard InChI is InChI=1S/C6H7NO2/c1-4(8)6-3-7-9-5(6)2/h3H,1-2H3/i3D. The largest absolute Gasteiger partial charge is 0.361 e. The van der Waals surface area contributed by atoms with Crippen molar-refractivity contribution in [2.24, 2.45) is 0 Å². The number of hydrogen-bond acceptors (Lipinski definition) is 3. The number of Topliss-reactive ketones (excluding diaryl/α,β-unsaturated/α-hetero) is 1. The fourth-order valence-corrected chi connectivity index (χ4v) is 0.588. The topological polar surface area (TPSA) is 43.1 Å². The molecule has 0 N–H and O–H groups in total. The molecule has 0 aliphatic heterocycles. The van der Waals surface area contributed by atoms with Gasteiger partial charge in [0.1, 0.15) is 5.76 Å². The molecule has 3 heteroatoms. The van der Waals surface area contributed by atoms with E-state index in [2.05, 4.69) is 9.68 Å². The molecule has 1 heterocycles. The van der Waals surface area contributed by atoms with Gasteiger partial charge in [-0.2, -0.15) is 0 Å². The molecule has 3 nitrogen and oxygen atoms in total. The Hall–Kier alpha value is -1.12. The Bertz CT molecular complexity index is 247. The molecule has 0 saturated carbocycles. The van der Waals surface area contributed by atoms with E-state index in [-0.39, 0.29) is 17.5 Å². The second-order valence-electron chi connectivity index (χ2n) is 1.78. The number of carbonyl (C=O) groups is 1. The van der Waals surface area contributed by atoms with Crippen LogP contribution in [-0.4, -0.2) is 10.9 Å². The Morgan fingerprint density at radius 3 is 2.89 bits per heavy atom. The maximum atomic E-state index is 10.7. The highest BCUT2D eigenvalue weighted by Crippen LogP contribution is 2.05. The maximum Gasteiger partial charge on any atom is 0.164 e. The smallest absolute Gasteiger partial charge is 0.164 e. The molecule has 0 saturated heterocycles. The van der Waals surface area contributed by atoms with E-state index in [4.69, 9.17) is 1.37 Å². The van der Waals surface area contributed by atoms with Gasteiger partial charge in [0.25, 0.3) is 0 Å². The Morgan fingerprint density at radius 1 is 2.00 bits per heavy atom. The monoisotopic (exact) mass is 126 g/mol. The van der Waals surface area contributed by atoms with Crippen molar-refractivity contribution >= 4 is 5.78 Å². The quantitative estimate of drug-likeness (QED) is 0.531. The predicted molar refractivity (Wildman–Crippen MR) is 31.2 cm³/mol. The van der Waals surface area contributed by atoms with Crippen LogP contribution in [0.5, 0.6) is 0 Å². The molecule has 0 aliphatic rings. The number of carbonyl (C=O) groups excluding carboxylic acids is 1. The molecule has 0 aromatic carbocycles. The summed E-state index contributed by atoms with van der Waals surface area (Å²) in [4.78, 5) is 10.7. The first-order chi connectivity index (χ1) is 4.63. The van der Waals surface area contributed by atoms with E-state index in [0.717, 1.165) is 0 Å². The minimum atomic E-state index is -0.177. The molecule has 0 spiro atoms. The molecule has 0 atom stereocenters. The highest BCUT2D eigenvalue weighted by atomic mass is 16.5. The van der Waals surface area contributed by atoms with E-state index >= 15 is 0 Å². The minimum Gasteiger partial charge on any atom is -0.361 e. The van der Waals surface area contributed by atoms with Crippen molar-refractivity contribution in [2.45, 2.75) is 13.8 Å². The number of aromatic nitrogens is 1. The summed E-state index contributed by atoms with van der Waals surface area (Å²) in [6.45, 7) is 3.00. The van der Waals surface area contributed by atoms with Crippen molar-refractivity contribution in [3.63, 3.8) is 0 Å². The lowest BCUT2D eigenvalue weighted by Crippen LogP contribution is -1.89. The van der Waals surface area contributed by atoms with E-state index in [0.29, 0.717) is 5.76 Å². The molecule has 48 valence electrons. The average Bonchev–Trinajstić information content (AvgIpc) is 2.11. The van der Waals surface area contributed by atoms with Gasteiger partial charge in [-0.3, -0.25) is 4.79 Å². The summed E-state index contributed by atoms with van der Waals surface area (Å²) in [6.07, 6.45) is -0.0787. The van der Waals surface area contributed by atoms with E-state index < -0.39 is 0 Å². The van der Waals surface area contributed by atoms with Crippen LogP contribution in [0.1, 0.15) is 24.4 Å². The van der Waals surface area contributed by atoms with Crippen molar-refractivity contribution in [1.29, 1.82) is 0 Å². The number of aryl methyl sites for hydroxylation is 1. The molecule has 1 rings (SSSR count). The van der Waals surface area contributed by atoms with Gasteiger partial charge < -0.3 is 4.52 Å². The van der Waals surface area contributed by atoms with Crippen LogP contribution in [0.15, 0.2) is 10.7 Å². The second kappa shape index (κ2) is 2.01. The normalized spacial score (nSPS) is 11.1. The van der Waals surface area contributed by atoms with Crippen LogP contribution in [-0.2, 0) is 0 Å². The van der Waals surface area contributed by atoms with Crippen LogP contribution >= 0.6 is 0 Å². The molecule has 9 heavy (non-hydrogen) atoms. The molecule has 0 aliphatic carbocycles. The first-order valence-corrected chi connectivity index (χ1v) is 2.56. The van der Waals surface area contributed by atoms with Gasteiger partial charge in [0.05, 0.1) is 13.1 Å². The van der Waals surface area contributed by atoms with E-state index in [1.165, 1.54) is 6.92 Å². The molecular formula is C6H7NO2. The lowest BCUT2D eigenvalue weighted by Gasteiger charge is -1.83. The van der Waals surface area contributed by atoms with Crippen LogP contribution in [0.2, 0.25) is 0 Å². The van der Waals surface area contributed by atoms with Crippen molar-refractivity contribution in [3.8, 4) is 0 Å². The summed E-state index contributed by atoms with van der Waals surface area (Å²) in [5.74, 6) is 0.237. The summed E-state index contributed by atoms with van der Waals surface area (Å²) in [5.41, 5.74) is 0.278. The first-order valence-electron chi connectivity index (χ1n) is 3.06. The van der Waals surface area contributed by atoms with Crippen molar-refractivity contribution in [1.82, 2.24) is 5.16 Å². The van der Waals surface area contributed by atoms with Gasteiger partial charge in [-0.25, -0.2) is 0 Å². The summed E-state index contributed by atoms with van der Waals surface area (Å²) >= 11 is 0. The van der Waals surface area contributed by atoms with Gasteiger partial charge in [0, 0.05) is 0 Å². The van der Waals surface area contributed by atoms with E-state index in [9.17, 15) is 4.79 Å². The first kappa shape index (κ1) is 4.73. The molecule has 0 fully saturated rings. The van der Waals surface area contributed by atoms with Crippen molar-refractivity contribution in [3.05, 3.63) is 17.5 Å². The highest BCUT2D eigenvalue weighted by molar-refractivity contribution is 5.94. The molecule has 1 aromatic rings. The van der Waals surface area contributed by atoms with Gasteiger partial charge >= 0.3 is 0 Å². The number of nitrogens with zero attached hydrogens (tertiary/aromatic N) is 1. The summed E-state index contributed by atoms with van der Waals surface area (Å²) in [6, 6.07) is 0. The van der Waals surface area contributed by atoms with Crippen LogP contribution in [0, 0.1) is 6.92 Å². The number of rotatable bonds is 1. The molecule has 0 unspecified atom stereocenters. The fraction of sp³-hybridized carbons (Fsp3) is 0.333. The zero-order chi connectivity index (χ0) is 7.72. The molecule has 0 bridgehead atoms. The molecule has 0 radical (unpaired) electrons. The Balaban J connectivity index is 3.23. The van der Waals surface area contributed by atoms with Crippen molar-refractivity contribution < 1.29 is 10.7 Å². The number of hydrogen-bond donors (Lipinski definition) is 0. The SMILES string of the molecule is [2H]c1noc(C)c1C(C)=O. The minimum absolute atomic E-state index is 0.0787. The fourth-order valence-electron chi connectivity index (χ4n) is 0.588. The average molecular weight is 126 g/mol. The van der Waals surface area contributed by atoms with Crippen LogP contribution < -0.4 is 0 Å². The second-order valence-corrected chi connectivity index (χ2v) is 1.78. The summed E-state index contributed by atoms with van der Waals surface area (Å²) < 4.78 is 11.7. The zero-order valence-electron chi connectivity index (χ0n) is 6.26. The molecule has 1 aromatic heterocycles. The van der Waals surface area contributed by atoms with E-state index in [1.807, 2.05) is 0 Å². The number of ketones is 1. The highest BCUT2D eigenvalue weighted by Gasteiger charge is 2.05. The third-order valence-electron chi connectivity index (χ3n) is 1.04. The summed E-state index contributed by atoms with van der Waals surface area (Å²) in [7, 11) is 0. The van der Waals surface area contributed by atoms with Crippen molar-refractivity contribution in [2.75, 3.05) is 0 Å². The van der Waals surface area contributed by atoms with Crippen LogP contribution in [0.4, 0.5) is 0 Å². The van der Waals surface area contributed by atoms with Gasteiger partial charge in [-0.1, -0.05) is 5.16 Å². The summed E-state index contributed by atoms with van der Waals surface area (Å²) in [5, 5.41) is 3.31.